The Kier molecular flexibility index (Phi) is 4.21. The Hall–Kier alpha value is -2.15. The van der Waals surface area contributed by atoms with E-state index in [4.69, 9.17) is 11.6 Å². The molecule has 23 heavy (non-hydrogen) atoms. The molecule has 0 spiro atoms. The van der Waals surface area contributed by atoms with Gasteiger partial charge in [0.2, 0.25) is 0 Å². The number of hydrogen-bond acceptors (Lipinski definition) is 3. The summed E-state index contributed by atoms with van der Waals surface area (Å²) in [6.45, 7) is 0.490. The lowest BCUT2D eigenvalue weighted by atomic mass is 10.1. The molecule has 1 amide bonds. The van der Waals surface area contributed by atoms with Gasteiger partial charge in [0.15, 0.2) is 0 Å². The van der Waals surface area contributed by atoms with Gasteiger partial charge in [-0.3, -0.25) is 9.36 Å². The number of carbonyl (C=O) groups is 1. The molecule has 122 valence electrons. The molecule has 3 rings (SSSR count). The van der Waals surface area contributed by atoms with Gasteiger partial charge in [0.25, 0.3) is 5.91 Å². The van der Waals surface area contributed by atoms with Gasteiger partial charge in [-0.1, -0.05) is 11.6 Å². The zero-order chi connectivity index (χ0) is 16.6. The van der Waals surface area contributed by atoms with Crippen LogP contribution in [0, 0.1) is 5.82 Å². The van der Waals surface area contributed by atoms with Crippen molar-refractivity contribution in [3.05, 3.63) is 50.9 Å². The van der Waals surface area contributed by atoms with Crippen LogP contribution in [0.4, 0.5) is 4.39 Å². The molecule has 1 atom stereocenters. The summed E-state index contributed by atoms with van der Waals surface area (Å²) in [5.74, 6) is -0.200. The van der Waals surface area contributed by atoms with Crippen molar-refractivity contribution < 1.29 is 9.18 Å². The third-order valence-electron chi connectivity index (χ3n) is 4.01. The minimum absolute atomic E-state index is 0.115. The van der Waals surface area contributed by atoms with E-state index in [1.54, 1.807) is 11.6 Å². The molecule has 6 nitrogen and oxygen atoms in total. The Morgan fingerprint density at radius 1 is 1.43 bits per heavy atom. The van der Waals surface area contributed by atoms with Gasteiger partial charge < -0.3 is 5.32 Å². The number of aromatic nitrogens is 3. The number of amides is 1. The Labute approximate surface area is 136 Å². The van der Waals surface area contributed by atoms with Crippen molar-refractivity contribution in [1.82, 2.24) is 19.7 Å². The summed E-state index contributed by atoms with van der Waals surface area (Å²) in [6.07, 6.45) is 1.87. The lowest BCUT2D eigenvalue weighted by Gasteiger charge is -2.16. The van der Waals surface area contributed by atoms with Crippen molar-refractivity contribution in [2.45, 2.75) is 31.8 Å². The fourth-order valence-corrected chi connectivity index (χ4v) is 2.98. The lowest BCUT2D eigenvalue weighted by molar-refractivity contribution is 0.0932. The van der Waals surface area contributed by atoms with Gasteiger partial charge >= 0.3 is 5.69 Å². The fourth-order valence-electron chi connectivity index (χ4n) is 2.78. The number of benzene rings is 1. The van der Waals surface area contributed by atoms with Crippen LogP contribution in [-0.4, -0.2) is 26.3 Å². The van der Waals surface area contributed by atoms with Gasteiger partial charge in [-0.15, -0.1) is 0 Å². The smallest absolute Gasteiger partial charge is 0.345 e. The summed E-state index contributed by atoms with van der Waals surface area (Å²) in [5, 5.41) is 7.26. The first-order valence-corrected chi connectivity index (χ1v) is 7.72. The van der Waals surface area contributed by atoms with Crippen LogP contribution in [0.3, 0.4) is 0 Å². The molecule has 2 heterocycles. The van der Waals surface area contributed by atoms with Crippen molar-refractivity contribution in [3.8, 4) is 0 Å². The molecule has 8 heteroatoms. The topological polar surface area (TPSA) is 68.9 Å². The summed E-state index contributed by atoms with van der Waals surface area (Å²) >= 11 is 5.95. The second-order valence-corrected chi connectivity index (χ2v) is 6.00. The van der Waals surface area contributed by atoms with E-state index < -0.39 is 11.7 Å². The van der Waals surface area contributed by atoms with E-state index >= 15 is 0 Å². The first kappa shape index (κ1) is 15.7. The maximum atomic E-state index is 13.3. The van der Waals surface area contributed by atoms with E-state index in [2.05, 4.69) is 10.4 Å². The van der Waals surface area contributed by atoms with Crippen LogP contribution in [0.15, 0.2) is 23.0 Å². The number of rotatable bonds is 2. The van der Waals surface area contributed by atoms with Crippen molar-refractivity contribution in [2.75, 3.05) is 0 Å². The predicted molar refractivity (Wildman–Crippen MR) is 83.1 cm³/mol. The van der Waals surface area contributed by atoms with Gasteiger partial charge in [-0.2, -0.15) is 5.10 Å². The van der Waals surface area contributed by atoms with Gasteiger partial charge in [0.05, 0.1) is 10.6 Å². The molecule has 1 aromatic carbocycles. The molecule has 1 aliphatic rings. The molecule has 0 saturated heterocycles. The van der Waals surface area contributed by atoms with Gasteiger partial charge in [-0.05, 0) is 31.0 Å². The normalized spacial score (nSPS) is 17.4. The second-order valence-electron chi connectivity index (χ2n) is 5.60. The van der Waals surface area contributed by atoms with E-state index in [1.807, 2.05) is 0 Å². The molecule has 1 aliphatic heterocycles. The number of halogens is 2. The molecule has 2 aromatic rings. The highest BCUT2D eigenvalue weighted by Crippen LogP contribution is 2.18. The zero-order valence-electron chi connectivity index (χ0n) is 12.6. The summed E-state index contributed by atoms with van der Waals surface area (Å²) in [7, 11) is 1.62. The number of fused-ring (bicyclic) bond motifs is 1. The monoisotopic (exact) mass is 338 g/mol. The summed E-state index contributed by atoms with van der Waals surface area (Å²) in [5.41, 5.74) is -0.0373. The summed E-state index contributed by atoms with van der Waals surface area (Å²) < 4.78 is 16.2. The predicted octanol–water partition coefficient (Wildman–Crippen LogP) is 1.51. The lowest BCUT2D eigenvalue weighted by Crippen LogP contribution is -2.36. The van der Waals surface area contributed by atoms with E-state index in [9.17, 15) is 14.0 Å². The van der Waals surface area contributed by atoms with Crippen molar-refractivity contribution in [1.29, 1.82) is 0 Å². The average Bonchev–Trinajstić information content (AvgIpc) is 2.68. The largest absolute Gasteiger partial charge is 0.349 e. The van der Waals surface area contributed by atoms with Crippen LogP contribution in [0.2, 0.25) is 5.02 Å². The number of nitrogens with zero attached hydrogens (tertiary/aromatic N) is 3. The first-order chi connectivity index (χ1) is 11.0. The summed E-state index contributed by atoms with van der Waals surface area (Å²) in [6, 6.07) is 3.57. The SMILES string of the molecule is Cn1nc2n(c1=O)CC[C@@H](NC(=O)c1cc(F)ccc1Cl)CC2. The van der Waals surface area contributed by atoms with Gasteiger partial charge in [0.1, 0.15) is 11.6 Å². The third-order valence-corrected chi connectivity index (χ3v) is 4.34. The van der Waals surface area contributed by atoms with E-state index in [1.165, 1.54) is 16.8 Å². The molecule has 1 aromatic heterocycles. The molecule has 0 unspecified atom stereocenters. The number of hydrogen-bond donors (Lipinski definition) is 1. The highest BCUT2D eigenvalue weighted by atomic mass is 35.5. The van der Waals surface area contributed by atoms with Crippen LogP contribution >= 0.6 is 11.6 Å². The highest BCUT2D eigenvalue weighted by Gasteiger charge is 2.22. The van der Waals surface area contributed by atoms with Crippen molar-refractivity contribution in [2.24, 2.45) is 7.05 Å². The van der Waals surface area contributed by atoms with Crippen molar-refractivity contribution in [3.63, 3.8) is 0 Å². The zero-order valence-corrected chi connectivity index (χ0v) is 13.3. The summed E-state index contributed by atoms with van der Waals surface area (Å²) in [4.78, 5) is 24.2. The first-order valence-electron chi connectivity index (χ1n) is 7.34. The van der Waals surface area contributed by atoms with Crippen LogP contribution < -0.4 is 11.0 Å². The third kappa shape index (κ3) is 3.14. The number of carbonyl (C=O) groups excluding carboxylic acids is 1. The quantitative estimate of drug-likeness (QED) is 0.902. The molecule has 0 bridgehead atoms. The maximum Gasteiger partial charge on any atom is 0.345 e. The molecular formula is C15H16ClFN4O2. The highest BCUT2D eigenvalue weighted by molar-refractivity contribution is 6.33. The van der Waals surface area contributed by atoms with Crippen LogP contribution in [-0.2, 0) is 20.0 Å². The Balaban J connectivity index is 1.71. The van der Waals surface area contributed by atoms with Gasteiger partial charge in [-0.25, -0.2) is 13.9 Å². The average molecular weight is 339 g/mol. The standard InChI is InChI=1S/C15H16ClFN4O2/c1-20-15(23)21-7-6-10(3-5-13(21)19-20)18-14(22)11-8-9(17)2-4-12(11)16/h2,4,8,10H,3,5-7H2,1H3,(H,18,22)/t10-/m0/s1. The maximum absolute atomic E-state index is 13.3. The molecule has 0 saturated carbocycles. The Bertz CT molecular complexity index is 814. The molecule has 0 radical (unpaired) electrons. The van der Waals surface area contributed by atoms with Gasteiger partial charge in [0, 0.05) is 26.1 Å². The Morgan fingerprint density at radius 3 is 3.00 bits per heavy atom. The minimum Gasteiger partial charge on any atom is -0.349 e. The molecule has 1 N–H and O–H groups in total. The van der Waals surface area contributed by atoms with Crippen LogP contribution in [0.25, 0.3) is 0 Å². The van der Waals surface area contributed by atoms with Crippen LogP contribution in [0.5, 0.6) is 0 Å². The molecule has 0 aliphatic carbocycles. The minimum atomic E-state index is -0.510. The number of nitrogens with one attached hydrogen (secondary N) is 1. The van der Waals surface area contributed by atoms with E-state index in [0.717, 1.165) is 11.9 Å². The fraction of sp³-hybridized carbons (Fsp3) is 0.400. The van der Waals surface area contributed by atoms with E-state index in [-0.39, 0.29) is 22.3 Å². The van der Waals surface area contributed by atoms with E-state index in [0.29, 0.717) is 25.8 Å². The molecular weight excluding hydrogens is 323 g/mol. The number of aryl methyl sites for hydroxylation is 2. The second kappa shape index (κ2) is 6.16. The van der Waals surface area contributed by atoms with Crippen molar-refractivity contribution >= 4 is 17.5 Å². The van der Waals surface area contributed by atoms with Crippen LogP contribution in [0.1, 0.15) is 29.0 Å². The molecule has 0 fully saturated rings. The Morgan fingerprint density at radius 2 is 2.22 bits per heavy atom.